The van der Waals surface area contributed by atoms with Crippen LogP contribution in [-0.4, -0.2) is 46.4 Å². The number of ether oxygens (including phenoxy) is 1. The Morgan fingerprint density at radius 2 is 2.00 bits per heavy atom. The summed E-state index contributed by atoms with van der Waals surface area (Å²) < 4.78 is 5.44. The minimum Gasteiger partial charge on any atom is -0.375 e. The van der Waals surface area contributed by atoms with Crippen molar-refractivity contribution in [3.63, 3.8) is 0 Å². The molecule has 0 aliphatic carbocycles. The first kappa shape index (κ1) is 18.4. The number of rotatable bonds is 4. The monoisotopic (exact) mass is 380 g/mol. The molecule has 4 rings (SSSR count). The third-order valence-corrected chi connectivity index (χ3v) is 5.69. The molecule has 0 radical (unpaired) electrons. The van der Waals surface area contributed by atoms with Crippen LogP contribution in [0.25, 0.3) is 0 Å². The number of nitrogens with zero attached hydrogens (tertiary/aromatic N) is 2. The van der Waals surface area contributed by atoms with Crippen LogP contribution in [0.15, 0.2) is 43.0 Å². The maximum absolute atomic E-state index is 13.4. The van der Waals surface area contributed by atoms with E-state index in [0.717, 1.165) is 23.4 Å². The van der Waals surface area contributed by atoms with Crippen molar-refractivity contribution in [2.45, 2.75) is 31.3 Å². The van der Waals surface area contributed by atoms with Gasteiger partial charge in [-0.25, -0.2) is 4.98 Å². The summed E-state index contributed by atoms with van der Waals surface area (Å²) in [6, 6.07) is 9.77. The van der Waals surface area contributed by atoms with Gasteiger partial charge in [0.2, 0.25) is 17.8 Å². The van der Waals surface area contributed by atoms with Crippen molar-refractivity contribution in [3.8, 4) is 0 Å². The number of benzene rings is 1. The van der Waals surface area contributed by atoms with E-state index in [2.05, 4.69) is 21.9 Å². The molecule has 2 aliphatic heterocycles. The van der Waals surface area contributed by atoms with Gasteiger partial charge >= 0.3 is 0 Å². The van der Waals surface area contributed by atoms with Crippen molar-refractivity contribution in [3.05, 3.63) is 59.9 Å². The second-order valence-electron chi connectivity index (χ2n) is 7.24. The van der Waals surface area contributed by atoms with E-state index in [0.29, 0.717) is 45.1 Å². The standard InChI is InChI=1S/C21H24N4O3/c1-2-18(26)25-11-9-21(10-12-25,15-6-4-3-5-7-15)19(27)24-20-22-16-8-13-28-14-17(16)23-20/h2-7H,1,8-14H2,(H2,22,23,24,27). The van der Waals surface area contributed by atoms with Crippen LogP contribution in [0.4, 0.5) is 5.95 Å². The van der Waals surface area contributed by atoms with Crippen LogP contribution in [0.5, 0.6) is 0 Å². The van der Waals surface area contributed by atoms with Gasteiger partial charge in [-0.1, -0.05) is 36.9 Å². The molecule has 1 aromatic carbocycles. The molecule has 2 amide bonds. The highest BCUT2D eigenvalue weighted by Crippen LogP contribution is 2.37. The number of aromatic amines is 1. The summed E-state index contributed by atoms with van der Waals surface area (Å²) in [7, 11) is 0. The summed E-state index contributed by atoms with van der Waals surface area (Å²) >= 11 is 0. The molecule has 0 unspecified atom stereocenters. The number of hydrogen-bond donors (Lipinski definition) is 2. The van der Waals surface area contributed by atoms with Crippen LogP contribution in [0, 0.1) is 0 Å². The maximum atomic E-state index is 13.4. The Bertz CT molecular complexity index is 859. The molecule has 0 bridgehead atoms. The number of anilines is 1. The van der Waals surface area contributed by atoms with Gasteiger partial charge in [0.15, 0.2) is 0 Å². The summed E-state index contributed by atoms with van der Waals surface area (Å²) in [5.74, 6) is 0.262. The van der Waals surface area contributed by atoms with Gasteiger partial charge in [0.05, 0.1) is 30.0 Å². The van der Waals surface area contributed by atoms with Crippen LogP contribution in [-0.2, 0) is 32.8 Å². The second-order valence-corrected chi connectivity index (χ2v) is 7.24. The number of likely N-dealkylation sites (tertiary alicyclic amines) is 1. The lowest BCUT2D eigenvalue weighted by atomic mass is 9.72. The normalized spacial score (nSPS) is 18.2. The molecule has 0 spiro atoms. The first-order valence-electron chi connectivity index (χ1n) is 9.56. The number of fused-ring (bicyclic) bond motifs is 1. The Kier molecular flexibility index (Phi) is 5.00. The van der Waals surface area contributed by atoms with Crippen molar-refractivity contribution < 1.29 is 14.3 Å². The summed E-state index contributed by atoms with van der Waals surface area (Å²) in [5, 5.41) is 2.98. The zero-order valence-electron chi connectivity index (χ0n) is 15.7. The number of H-pyrrole nitrogens is 1. The highest BCUT2D eigenvalue weighted by atomic mass is 16.5. The van der Waals surface area contributed by atoms with Crippen molar-refractivity contribution in [2.24, 2.45) is 0 Å². The topological polar surface area (TPSA) is 87.3 Å². The lowest BCUT2D eigenvalue weighted by molar-refractivity contribution is -0.131. The van der Waals surface area contributed by atoms with Crippen LogP contribution >= 0.6 is 0 Å². The number of carbonyl (C=O) groups is 2. The van der Waals surface area contributed by atoms with E-state index in [-0.39, 0.29) is 11.8 Å². The molecule has 2 N–H and O–H groups in total. The number of carbonyl (C=O) groups excluding carboxylic acids is 2. The Morgan fingerprint density at radius 3 is 2.68 bits per heavy atom. The van der Waals surface area contributed by atoms with E-state index in [1.54, 1.807) is 4.90 Å². The van der Waals surface area contributed by atoms with Gasteiger partial charge in [-0.15, -0.1) is 0 Å². The van der Waals surface area contributed by atoms with E-state index in [1.807, 2.05) is 30.3 Å². The number of hydrogen-bond acceptors (Lipinski definition) is 4. The Labute approximate surface area is 163 Å². The van der Waals surface area contributed by atoms with Crippen molar-refractivity contribution in [2.75, 3.05) is 25.0 Å². The average molecular weight is 380 g/mol. The number of amides is 2. The fraction of sp³-hybridized carbons (Fsp3) is 0.381. The minimum atomic E-state index is -0.705. The van der Waals surface area contributed by atoms with Gasteiger partial charge in [-0.3, -0.25) is 14.9 Å². The van der Waals surface area contributed by atoms with Crippen LogP contribution in [0.1, 0.15) is 29.8 Å². The predicted octanol–water partition coefficient (Wildman–Crippen LogP) is 2.17. The fourth-order valence-corrected chi connectivity index (χ4v) is 4.04. The van der Waals surface area contributed by atoms with Gasteiger partial charge in [0.1, 0.15) is 0 Å². The molecule has 7 nitrogen and oxygen atoms in total. The summed E-state index contributed by atoms with van der Waals surface area (Å²) in [4.78, 5) is 34.8. The Balaban J connectivity index is 1.59. The molecular formula is C21H24N4O3. The van der Waals surface area contributed by atoms with Gasteiger partial charge < -0.3 is 14.6 Å². The van der Waals surface area contributed by atoms with Crippen LogP contribution in [0.2, 0.25) is 0 Å². The van der Waals surface area contributed by atoms with Gasteiger partial charge in [-0.05, 0) is 24.5 Å². The number of imidazole rings is 1. The molecule has 1 saturated heterocycles. The SMILES string of the molecule is C=CC(=O)N1CCC(C(=O)Nc2nc3c([nH]2)COCC3)(c2ccccc2)CC1. The first-order valence-corrected chi connectivity index (χ1v) is 9.56. The highest BCUT2D eigenvalue weighted by Gasteiger charge is 2.43. The first-order chi connectivity index (χ1) is 13.6. The van der Waals surface area contributed by atoms with E-state index >= 15 is 0 Å². The molecule has 1 aromatic heterocycles. The van der Waals surface area contributed by atoms with Crippen molar-refractivity contribution >= 4 is 17.8 Å². The minimum absolute atomic E-state index is 0.0965. The molecule has 0 saturated carbocycles. The maximum Gasteiger partial charge on any atom is 0.245 e. The molecule has 146 valence electrons. The summed E-state index contributed by atoms with van der Waals surface area (Å²) in [6.07, 6.45) is 3.16. The lowest BCUT2D eigenvalue weighted by Crippen LogP contribution is -2.50. The number of piperidine rings is 1. The quantitative estimate of drug-likeness (QED) is 0.796. The largest absolute Gasteiger partial charge is 0.375 e. The van der Waals surface area contributed by atoms with Gasteiger partial charge in [0, 0.05) is 19.5 Å². The third-order valence-electron chi connectivity index (χ3n) is 5.69. The summed E-state index contributed by atoms with van der Waals surface area (Å²) in [5.41, 5.74) is 2.12. The number of nitrogens with one attached hydrogen (secondary N) is 2. The van der Waals surface area contributed by atoms with Crippen molar-refractivity contribution in [1.29, 1.82) is 0 Å². The molecule has 0 atom stereocenters. The van der Waals surface area contributed by atoms with Crippen molar-refractivity contribution in [1.82, 2.24) is 14.9 Å². The predicted molar refractivity (Wildman–Crippen MR) is 105 cm³/mol. The Hall–Kier alpha value is -2.93. The molecule has 3 heterocycles. The Morgan fingerprint density at radius 1 is 1.25 bits per heavy atom. The van der Waals surface area contributed by atoms with Gasteiger partial charge in [-0.2, -0.15) is 0 Å². The fourth-order valence-electron chi connectivity index (χ4n) is 4.04. The molecule has 28 heavy (non-hydrogen) atoms. The summed E-state index contributed by atoms with van der Waals surface area (Å²) in [6.45, 7) is 5.71. The molecule has 2 aromatic rings. The molecular weight excluding hydrogens is 356 g/mol. The smallest absolute Gasteiger partial charge is 0.245 e. The van der Waals surface area contributed by atoms with E-state index in [1.165, 1.54) is 6.08 Å². The third kappa shape index (κ3) is 3.33. The zero-order valence-corrected chi connectivity index (χ0v) is 15.7. The molecule has 7 heteroatoms. The van der Waals surface area contributed by atoms with E-state index < -0.39 is 5.41 Å². The highest BCUT2D eigenvalue weighted by molar-refractivity contribution is 5.98. The second kappa shape index (κ2) is 7.59. The molecule has 1 fully saturated rings. The number of aromatic nitrogens is 2. The average Bonchev–Trinajstić information content (AvgIpc) is 3.16. The van der Waals surface area contributed by atoms with E-state index in [4.69, 9.17) is 4.74 Å². The van der Waals surface area contributed by atoms with E-state index in [9.17, 15) is 9.59 Å². The zero-order chi connectivity index (χ0) is 19.6. The molecule has 2 aliphatic rings. The van der Waals surface area contributed by atoms with Crippen LogP contribution in [0.3, 0.4) is 0 Å². The lowest BCUT2D eigenvalue weighted by Gasteiger charge is -2.40. The van der Waals surface area contributed by atoms with Crippen LogP contribution < -0.4 is 5.32 Å². The van der Waals surface area contributed by atoms with Gasteiger partial charge in [0.25, 0.3) is 0 Å².